The third kappa shape index (κ3) is 2.93. The Bertz CT molecular complexity index is 140. The second-order valence-electron chi connectivity index (χ2n) is 4.05. The Morgan fingerprint density at radius 2 is 2.00 bits per heavy atom. The first-order chi connectivity index (χ1) is 6.45. The molecule has 0 aromatic rings. The van der Waals surface area contributed by atoms with Gasteiger partial charge >= 0.3 is 0 Å². The number of ether oxygens (including phenoxy) is 2. The summed E-state index contributed by atoms with van der Waals surface area (Å²) in [5.74, 6) is 0.731. The van der Waals surface area contributed by atoms with E-state index >= 15 is 0 Å². The van der Waals surface area contributed by atoms with Crippen LogP contribution >= 0.6 is 0 Å². The van der Waals surface area contributed by atoms with Gasteiger partial charge in [0, 0.05) is 25.8 Å². The van der Waals surface area contributed by atoms with E-state index in [4.69, 9.17) is 9.47 Å². The molecule has 0 saturated carbocycles. The quantitative estimate of drug-likeness (QED) is 0.705. The highest BCUT2D eigenvalue weighted by molar-refractivity contribution is 4.74. The molecule has 2 rings (SSSR count). The fourth-order valence-electron chi connectivity index (χ4n) is 2.00. The Kier molecular flexibility index (Phi) is 3.58. The molecule has 2 saturated heterocycles. The van der Waals surface area contributed by atoms with Crippen LogP contribution in [-0.4, -0.2) is 39.0 Å². The maximum atomic E-state index is 5.43. The van der Waals surface area contributed by atoms with Gasteiger partial charge in [-0.3, -0.25) is 0 Å². The molecule has 0 bridgehead atoms. The summed E-state index contributed by atoms with van der Waals surface area (Å²) in [4.78, 5) is 0. The third-order valence-corrected chi connectivity index (χ3v) is 2.88. The van der Waals surface area contributed by atoms with Crippen LogP contribution in [0.3, 0.4) is 0 Å². The number of hydrogen-bond acceptors (Lipinski definition) is 3. The van der Waals surface area contributed by atoms with Crippen molar-refractivity contribution in [1.29, 1.82) is 0 Å². The van der Waals surface area contributed by atoms with Gasteiger partial charge in [-0.2, -0.15) is 0 Å². The van der Waals surface area contributed by atoms with Crippen LogP contribution in [0.25, 0.3) is 0 Å². The van der Waals surface area contributed by atoms with Crippen LogP contribution in [0.4, 0.5) is 0 Å². The maximum absolute atomic E-state index is 5.43. The number of hydrogen-bond donors (Lipinski definition) is 1. The molecular weight excluding hydrogens is 166 g/mol. The normalized spacial score (nSPS) is 35.1. The van der Waals surface area contributed by atoms with E-state index in [0.29, 0.717) is 6.04 Å². The average Bonchev–Trinajstić information content (AvgIpc) is 2.69. The molecule has 0 aromatic carbocycles. The molecule has 13 heavy (non-hydrogen) atoms. The second-order valence-corrected chi connectivity index (χ2v) is 4.05. The van der Waals surface area contributed by atoms with Gasteiger partial charge in [-0.15, -0.1) is 0 Å². The van der Waals surface area contributed by atoms with E-state index in [0.717, 1.165) is 38.9 Å². The molecule has 2 unspecified atom stereocenters. The minimum absolute atomic E-state index is 0.599. The van der Waals surface area contributed by atoms with Gasteiger partial charge in [0.25, 0.3) is 0 Å². The number of nitrogens with one attached hydrogen (secondary N) is 1. The van der Waals surface area contributed by atoms with E-state index in [9.17, 15) is 0 Å². The van der Waals surface area contributed by atoms with Gasteiger partial charge in [-0.1, -0.05) is 0 Å². The standard InChI is InChI=1S/C10H19NO2/c1-2-9(7-12-4-1)6-11-10-3-5-13-8-10/h9-11H,1-8H2. The van der Waals surface area contributed by atoms with Crippen molar-refractivity contribution >= 4 is 0 Å². The molecule has 2 aliphatic heterocycles. The zero-order chi connectivity index (χ0) is 8.93. The highest BCUT2D eigenvalue weighted by Crippen LogP contribution is 2.13. The molecule has 0 radical (unpaired) electrons. The number of rotatable bonds is 3. The van der Waals surface area contributed by atoms with E-state index in [-0.39, 0.29) is 0 Å². The molecule has 0 aromatic heterocycles. The van der Waals surface area contributed by atoms with Gasteiger partial charge in [0.15, 0.2) is 0 Å². The maximum Gasteiger partial charge on any atom is 0.0620 e. The molecule has 2 heterocycles. The van der Waals surface area contributed by atoms with Crippen molar-refractivity contribution in [2.75, 3.05) is 33.0 Å². The first kappa shape index (κ1) is 9.44. The summed E-state index contributed by atoms with van der Waals surface area (Å²) in [6.07, 6.45) is 3.72. The highest BCUT2D eigenvalue weighted by atomic mass is 16.5. The summed E-state index contributed by atoms with van der Waals surface area (Å²) in [6.45, 7) is 4.84. The van der Waals surface area contributed by atoms with Crippen LogP contribution in [-0.2, 0) is 9.47 Å². The molecule has 0 aliphatic carbocycles. The Morgan fingerprint density at radius 3 is 2.69 bits per heavy atom. The first-order valence-corrected chi connectivity index (χ1v) is 5.34. The molecule has 2 fully saturated rings. The van der Waals surface area contributed by atoms with E-state index in [1.807, 2.05) is 0 Å². The smallest absolute Gasteiger partial charge is 0.0620 e. The van der Waals surface area contributed by atoms with Crippen LogP contribution in [0.1, 0.15) is 19.3 Å². The van der Waals surface area contributed by atoms with Crippen molar-refractivity contribution in [2.45, 2.75) is 25.3 Å². The Morgan fingerprint density at radius 1 is 1.08 bits per heavy atom. The topological polar surface area (TPSA) is 30.5 Å². The second kappa shape index (κ2) is 4.94. The van der Waals surface area contributed by atoms with E-state index in [1.54, 1.807) is 0 Å². The predicted octanol–water partition coefficient (Wildman–Crippen LogP) is 0.791. The third-order valence-electron chi connectivity index (χ3n) is 2.88. The van der Waals surface area contributed by atoms with E-state index < -0.39 is 0 Å². The van der Waals surface area contributed by atoms with Crippen molar-refractivity contribution in [3.63, 3.8) is 0 Å². The Hall–Kier alpha value is -0.120. The Labute approximate surface area is 79.8 Å². The van der Waals surface area contributed by atoms with Crippen molar-refractivity contribution in [3.05, 3.63) is 0 Å². The Balaban J connectivity index is 1.60. The van der Waals surface area contributed by atoms with E-state index in [1.165, 1.54) is 19.3 Å². The van der Waals surface area contributed by atoms with Gasteiger partial charge in [0.1, 0.15) is 0 Å². The highest BCUT2D eigenvalue weighted by Gasteiger charge is 2.18. The SMILES string of the molecule is C1COCC(CNC2CCOC2)C1. The van der Waals surface area contributed by atoms with Crippen molar-refractivity contribution in [1.82, 2.24) is 5.32 Å². The van der Waals surface area contributed by atoms with E-state index in [2.05, 4.69) is 5.32 Å². The van der Waals surface area contributed by atoms with Crippen LogP contribution in [0, 0.1) is 5.92 Å². The minimum atomic E-state index is 0.599. The molecule has 3 nitrogen and oxygen atoms in total. The zero-order valence-corrected chi connectivity index (χ0v) is 8.13. The summed E-state index contributed by atoms with van der Waals surface area (Å²) in [6, 6.07) is 0.599. The van der Waals surface area contributed by atoms with Crippen LogP contribution in [0.15, 0.2) is 0 Å². The van der Waals surface area contributed by atoms with Crippen molar-refractivity contribution in [3.8, 4) is 0 Å². The molecule has 0 amide bonds. The fraction of sp³-hybridized carbons (Fsp3) is 1.00. The minimum Gasteiger partial charge on any atom is -0.381 e. The molecule has 76 valence electrons. The van der Waals surface area contributed by atoms with Gasteiger partial charge in [0.05, 0.1) is 13.2 Å². The summed E-state index contributed by atoms with van der Waals surface area (Å²) < 4.78 is 10.7. The lowest BCUT2D eigenvalue weighted by Crippen LogP contribution is -2.36. The first-order valence-electron chi connectivity index (χ1n) is 5.34. The monoisotopic (exact) mass is 185 g/mol. The summed E-state index contributed by atoms with van der Waals surface area (Å²) in [7, 11) is 0. The summed E-state index contributed by atoms with van der Waals surface area (Å²) in [5, 5.41) is 3.55. The largest absolute Gasteiger partial charge is 0.381 e. The molecule has 3 heteroatoms. The molecule has 2 aliphatic rings. The predicted molar refractivity (Wildman–Crippen MR) is 50.8 cm³/mol. The van der Waals surface area contributed by atoms with Gasteiger partial charge < -0.3 is 14.8 Å². The van der Waals surface area contributed by atoms with Crippen LogP contribution in [0.5, 0.6) is 0 Å². The zero-order valence-electron chi connectivity index (χ0n) is 8.13. The lowest BCUT2D eigenvalue weighted by Gasteiger charge is -2.23. The van der Waals surface area contributed by atoms with Crippen molar-refractivity contribution < 1.29 is 9.47 Å². The summed E-state index contributed by atoms with van der Waals surface area (Å²) >= 11 is 0. The lowest BCUT2D eigenvalue weighted by atomic mass is 10.0. The lowest BCUT2D eigenvalue weighted by molar-refractivity contribution is 0.0535. The summed E-state index contributed by atoms with van der Waals surface area (Å²) in [5.41, 5.74) is 0. The van der Waals surface area contributed by atoms with Crippen LogP contribution in [0.2, 0.25) is 0 Å². The van der Waals surface area contributed by atoms with Gasteiger partial charge in [-0.05, 0) is 25.2 Å². The fourth-order valence-corrected chi connectivity index (χ4v) is 2.00. The van der Waals surface area contributed by atoms with Gasteiger partial charge in [0.2, 0.25) is 0 Å². The molecule has 0 spiro atoms. The van der Waals surface area contributed by atoms with Crippen LogP contribution < -0.4 is 5.32 Å². The van der Waals surface area contributed by atoms with Gasteiger partial charge in [-0.25, -0.2) is 0 Å². The average molecular weight is 185 g/mol. The molecule has 2 atom stereocenters. The van der Waals surface area contributed by atoms with Crippen molar-refractivity contribution in [2.24, 2.45) is 5.92 Å². The molecular formula is C10H19NO2. The molecule has 1 N–H and O–H groups in total.